The van der Waals surface area contributed by atoms with Crippen molar-refractivity contribution in [1.82, 2.24) is 14.8 Å². The molecule has 1 saturated heterocycles. The molecule has 0 radical (unpaired) electrons. The maximum absolute atomic E-state index is 14.6. The second-order valence-electron chi connectivity index (χ2n) is 7.95. The minimum absolute atomic E-state index is 0.00964. The maximum Gasteiger partial charge on any atom is 0.221 e. The van der Waals surface area contributed by atoms with E-state index in [1.807, 2.05) is 6.07 Å². The third-order valence-corrected chi connectivity index (χ3v) is 5.17. The fourth-order valence-electron chi connectivity index (χ4n) is 3.58. The van der Waals surface area contributed by atoms with Gasteiger partial charge in [-0.25, -0.2) is 4.39 Å². The van der Waals surface area contributed by atoms with E-state index in [2.05, 4.69) is 23.7 Å². The summed E-state index contributed by atoms with van der Waals surface area (Å²) in [5.41, 5.74) is 0.752. The smallest absolute Gasteiger partial charge is 0.221 e. The van der Waals surface area contributed by atoms with Crippen molar-refractivity contribution in [2.45, 2.75) is 38.8 Å². The van der Waals surface area contributed by atoms with Crippen LogP contribution in [0.25, 0.3) is 10.9 Å². The molecule has 0 atom stereocenters. The summed E-state index contributed by atoms with van der Waals surface area (Å²) < 4.78 is 20.5. The van der Waals surface area contributed by atoms with Crippen LogP contribution in [0.4, 0.5) is 4.39 Å². The van der Waals surface area contributed by atoms with E-state index in [1.165, 1.54) is 12.3 Å². The highest BCUT2D eigenvalue weighted by Crippen LogP contribution is 2.28. The summed E-state index contributed by atoms with van der Waals surface area (Å²) in [7, 11) is 3.47. The number of ether oxygens (including phenoxy) is 1. The Morgan fingerprint density at radius 3 is 2.62 bits per heavy atom. The number of rotatable bonds is 6. The molecule has 0 amide bonds. The Morgan fingerprint density at radius 2 is 2.03 bits per heavy atom. The van der Waals surface area contributed by atoms with Gasteiger partial charge in [0, 0.05) is 56.4 Å². The summed E-state index contributed by atoms with van der Waals surface area (Å²) in [6.07, 6.45) is 3.15. The summed E-state index contributed by atoms with van der Waals surface area (Å²) in [5, 5.41) is 9.91. The van der Waals surface area contributed by atoms with Gasteiger partial charge in [0.05, 0.1) is 5.69 Å². The van der Waals surface area contributed by atoms with Gasteiger partial charge >= 0.3 is 0 Å². The van der Waals surface area contributed by atoms with Crippen molar-refractivity contribution in [3.05, 3.63) is 41.5 Å². The second kappa shape index (κ2) is 8.66. The molecule has 6 nitrogen and oxygen atoms in total. The first-order chi connectivity index (χ1) is 13.8. The molecule has 0 bridgehead atoms. The monoisotopic (exact) mass is 398 g/mol. The predicted octanol–water partition coefficient (Wildman–Crippen LogP) is 3.71. The van der Waals surface area contributed by atoms with Crippen LogP contribution in [0.5, 0.6) is 5.75 Å². The molecule has 1 aromatic heterocycles. The van der Waals surface area contributed by atoms with Crippen LogP contribution in [-0.2, 0) is 0 Å². The van der Waals surface area contributed by atoms with Gasteiger partial charge in [0.25, 0.3) is 0 Å². The molecule has 1 aromatic carbocycles. The van der Waals surface area contributed by atoms with Crippen LogP contribution in [-0.4, -0.2) is 59.9 Å². The van der Waals surface area contributed by atoms with E-state index in [4.69, 9.17) is 4.74 Å². The fourth-order valence-corrected chi connectivity index (χ4v) is 3.58. The fraction of sp³-hybridized carbons (Fsp3) is 0.455. The van der Waals surface area contributed by atoms with Crippen LogP contribution in [0.3, 0.4) is 0 Å². The number of aromatic amines is 1. The Bertz CT molecular complexity index is 963. The first kappa shape index (κ1) is 20.9. The minimum atomic E-state index is -0.464. The molecule has 1 N–H and O–H groups in total. The largest absolute Gasteiger partial charge is 0.487 e. The van der Waals surface area contributed by atoms with E-state index in [1.54, 1.807) is 31.1 Å². The molecule has 29 heavy (non-hydrogen) atoms. The number of fused-ring (bicyclic) bond motifs is 1. The summed E-state index contributed by atoms with van der Waals surface area (Å²) in [6.45, 7) is 6.21. The van der Waals surface area contributed by atoms with E-state index in [-0.39, 0.29) is 23.1 Å². The van der Waals surface area contributed by atoms with E-state index >= 15 is 0 Å². The van der Waals surface area contributed by atoms with Gasteiger partial charge in [-0.1, -0.05) is 0 Å². The molecule has 154 valence electrons. The number of aromatic nitrogens is 1. The van der Waals surface area contributed by atoms with Crippen LogP contribution in [0.15, 0.2) is 30.0 Å². The van der Waals surface area contributed by atoms with Gasteiger partial charge in [0.15, 0.2) is 11.6 Å². The number of carbonyl (C=O) groups is 1. The number of halogens is 1. The number of benzene rings is 1. The van der Waals surface area contributed by atoms with Gasteiger partial charge in [-0.05, 0) is 38.8 Å². The molecule has 1 fully saturated rings. The number of hydrogen-bond donors (Lipinski definition) is 1. The molecule has 2 heterocycles. The molecular weight excluding hydrogens is 371 g/mol. The summed E-state index contributed by atoms with van der Waals surface area (Å²) in [6, 6.07) is 7.00. The van der Waals surface area contributed by atoms with E-state index in [0.29, 0.717) is 16.9 Å². The maximum atomic E-state index is 14.6. The van der Waals surface area contributed by atoms with E-state index in [9.17, 15) is 14.4 Å². The Morgan fingerprint density at radius 1 is 1.34 bits per heavy atom. The normalized spacial score (nSPS) is 16.2. The number of H-pyrrole nitrogens is 1. The predicted molar refractivity (Wildman–Crippen MR) is 110 cm³/mol. The van der Waals surface area contributed by atoms with Gasteiger partial charge in [0.1, 0.15) is 17.7 Å². The number of Topliss-reactive ketones (excluding diaryl/α,β-unsaturated/α-hetero) is 1. The van der Waals surface area contributed by atoms with Crippen LogP contribution in [0.1, 0.15) is 37.2 Å². The Kier molecular flexibility index (Phi) is 6.23. The average Bonchev–Trinajstić information content (AvgIpc) is 3.08. The van der Waals surface area contributed by atoms with Crippen molar-refractivity contribution in [2.24, 2.45) is 0 Å². The molecule has 0 spiro atoms. The Hall–Kier alpha value is -2.85. The molecular formula is C22H27FN4O2. The molecule has 0 unspecified atom stereocenters. The van der Waals surface area contributed by atoms with Gasteiger partial charge in [-0.15, -0.1) is 0 Å². The summed E-state index contributed by atoms with van der Waals surface area (Å²) >= 11 is 0. The number of likely N-dealkylation sites (tertiary alicyclic amines) is 1. The number of hydrogen-bond acceptors (Lipinski definition) is 5. The molecule has 2 aromatic rings. The van der Waals surface area contributed by atoms with Gasteiger partial charge in [-0.3, -0.25) is 4.79 Å². The van der Waals surface area contributed by atoms with Crippen LogP contribution in [0.2, 0.25) is 0 Å². The highest BCUT2D eigenvalue weighted by Gasteiger charge is 2.23. The highest BCUT2D eigenvalue weighted by molar-refractivity contribution is 6.12. The zero-order valence-corrected chi connectivity index (χ0v) is 17.3. The number of carbonyl (C=O) groups excluding carboxylic acids is 1. The van der Waals surface area contributed by atoms with Crippen molar-refractivity contribution in [2.75, 3.05) is 27.2 Å². The molecule has 7 heteroatoms. The third kappa shape index (κ3) is 4.77. The number of piperidine rings is 1. The molecule has 1 aliphatic rings. The number of nitrogens with zero attached hydrogens (tertiary/aromatic N) is 3. The minimum Gasteiger partial charge on any atom is -0.487 e. The number of nitrogens with one attached hydrogen (secondary N) is 1. The summed E-state index contributed by atoms with van der Waals surface area (Å²) in [5.74, 6) is -0.696. The van der Waals surface area contributed by atoms with Crippen LogP contribution >= 0.6 is 0 Å². The van der Waals surface area contributed by atoms with Crippen LogP contribution < -0.4 is 4.74 Å². The SMILES string of the molecule is CC(C)N1CCC(Oc2cc3cc(C(=O)/C(C#N)=C/N(C)C)[nH]c3cc2F)CC1. The van der Waals surface area contributed by atoms with Crippen LogP contribution in [0, 0.1) is 17.1 Å². The molecule has 0 aliphatic carbocycles. The van der Waals surface area contributed by atoms with E-state index in [0.717, 1.165) is 25.9 Å². The van der Waals surface area contributed by atoms with Crippen molar-refractivity contribution in [1.29, 1.82) is 5.26 Å². The molecule has 1 aliphatic heterocycles. The first-order valence-corrected chi connectivity index (χ1v) is 9.84. The number of ketones is 1. The third-order valence-electron chi connectivity index (χ3n) is 5.17. The number of allylic oxidation sites excluding steroid dienone is 1. The average molecular weight is 398 g/mol. The topological polar surface area (TPSA) is 72.4 Å². The summed E-state index contributed by atoms with van der Waals surface area (Å²) in [4.78, 5) is 19.5. The zero-order valence-electron chi connectivity index (χ0n) is 17.3. The van der Waals surface area contributed by atoms with Gasteiger partial charge in [-0.2, -0.15) is 5.26 Å². The van der Waals surface area contributed by atoms with Crippen molar-refractivity contribution in [3.8, 4) is 11.8 Å². The Balaban J connectivity index is 1.79. The zero-order chi connectivity index (χ0) is 21.1. The molecule has 0 saturated carbocycles. The lowest BCUT2D eigenvalue weighted by Crippen LogP contribution is -2.41. The highest BCUT2D eigenvalue weighted by atomic mass is 19.1. The van der Waals surface area contributed by atoms with Gasteiger partial charge in [0.2, 0.25) is 5.78 Å². The van der Waals surface area contributed by atoms with E-state index < -0.39 is 11.6 Å². The lowest BCUT2D eigenvalue weighted by molar-refractivity contribution is 0.0817. The quantitative estimate of drug-likeness (QED) is 0.456. The Labute approximate surface area is 170 Å². The lowest BCUT2D eigenvalue weighted by Gasteiger charge is -2.34. The van der Waals surface area contributed by atoms with Crippen molar-refractivity contribution < 1.29 is 13.9 Å². The van der Waals surface area contributed by atoms with Crippen molar-refractivity contribution in [3.63, 3.8) is 0 Å². The second-order valence-corrected chi connectivity index (χ2v) is 7.95. The standard InChI is InChI=1S/C22H27FN4O2/c1-14(2)27-7-5-17(6-8-27)29-21-10-15-9-20(25-19(15)11-18(21)23)22(28)16(12-24)13-26(3)4/h9-11,13-14,17,25H,5-8H2,1-4H3/b16-13+. The van der Waals surface area contributed by atoms with Gasteiger partial charge < -0.3 is 19.5 Å². The first-order valence-electron chi connectivity index (χ1n) is 9.84. The molecule has 3 rings (SSSR count). The lowest BCUT2D eigenvalue weighted by atomic mass is 10.1. The van der Waals surface area contributed by atoms with Crippen molar-refractivity contribution >= 4 is 16.7 Å². The number of nitriles is 1.